The summed E-state index contributed by atoms with van der Waals surface area (Å²) in [5, 5.41) is 3.56. The molecule has 0 aliphatic rings. The molecule has 19 heavy (non-hydrogen) atoms. The second-order valence-electron chi connectivity index (χ2n) is 3.81. The molecular formula is C11H14N4O2S2. The number of hydrogen-bond donors (Lipinski definition) is 2. The molecule has 102 valence electrons. The van der Waals surface area contributed by atoms with Crippen molar-refractivity contribution < 1.29 is 8.42 Å². The average Bonchev–Trinajstić information content (AvgIpc) is 2.82. The van der Waals surface area contributed by atoms with Crippen molar-refractivity contribution in [2.75, 3.05) is 12.4 Å². The molecule has 0 saturated carbocycles. The number of hydrogen-bond acceptors (Lipinski definition) is 6. The quantitative estimate of drug-likeness (QED) is 0.871. The first-order valence-electron chi connectivity index (χ1n) is 5.55. The molecule has 2 aromatic heterocycles. The average molecular weight is 298 g/mol. The van der Waals surface area contributed by atoms with Crippen LogP contribution in [0.15, 0.2) is 29.6 Å². The largest absolute Gasteiger partial charge is 0.387 e. The van der Waals surface area contributed by atoms with Crippen molar-refractivity contribution in [3.8, 4) is 0 Å². The molecule has 0 atom stereocenters. The van der Waals surface area contributed by atoms with Gasteiger partial charge in [0, 0.05) is 30.5 Å². The Kier molecular flexibility index (Phi) is 4.13. The Hall–Kier alpha value is -1.51. The van der Waals surface area contributed by atoms with Gasteiger partial charge in [-0.2, -0.15) is 0 Å². The van der Waals surface area contributed by atoms with Crippen LogP contribution >= 0.6 is 11.3 Å². The van der Waals surface area contributed by atoms with Gasteiger partial charge in [0.1, 0.15) is 9.90 Å². The lowest BCUT2D eigenvalue weighted by molar-refractivity contribution is 0.581. The van der Waals surface area contributed by atoms with Crippen LogP contribution in [0, 0.1) is 6.92 Å². The summed E-state index contributed by atoms with van der Waals surface area (Å²) < 4.78 is 26.9. The first-order valence-corrected chi connectivity index (χ1v) is 7.85. The van der Waals surface area contributed by atoms with E-state index in [1.165, 1.54) is 23.7 Å². The Morgan fingerprint density at radius 2 is 2.16 bits per heavy atom. The molecule has 6 nitrogen and oxygen atoms in total. The second kappa shape index (κ2) is 5.64. The van der Waals surface area contributed by atoms with Gasteiger partial charge in [-0.15, -0.1) is 11.3 Å². The van der Waals surface area contributed by atoms with Crippen LogP contribution in [0.5, 0.6) is 0 Å². The minimum atomic E-state index is -3.60. The summed E-state index contributed by atoms with van der Waals surface area (Å²) in [6, 6.07) is 1.61. The predicted octanol–water partition coefficient (Wildman–Crippen LogP) is 1.37. The molecule has 0 aliphatic carbocycles. The van der Waals surface area contributed by atoms with Crippen molar-refractivity contribution in [1.29, 1.82) is 0 Å². The lowest BCUT2D eigenvalue weighted by Gasteiger charge is -2.09. The van der Waals surface area contributed by atoms with Crippen LogP contribution in [0.3, 0.4) is 0 Å². The highest BCUT2D eigenvalue weighted by Crippen LogP contribution is 2.19. The van der Waals surface area contributed by atoms with E-state index in [4.69, 9.17) is 0 Å². The zero-order chi connectivity index (χ0) is 13.9. The van der Waals surface area contributed by atoms with Crippen molar-refractivity contribution in [2.24, 2.45) is 0 Å². The summed E-state index contributed by atoms with van der Waals surface area (Å²) in [5.41, 5.74) is 0.512. The van der Waals surface area contributed by atoms with Crippen LogP contribution in [0.1, 0.15) is 9.88 Å². The highest BCUT2D eigenvalue weighted by atomic mass is 32.2. The maximum atomic E-state index is 12.2. The van der Waals surface area contributed by atoms with E-state index >= 15 is 0 Å². The molecule has 0 fully saturated rings. The predicted molar refractivity (Wildman–Crippen MR) is 74.7 cm³/mol. The van der Waals surface area contributed by atoms with Crippen LogP contribution in [-0.4, -0.2) is 25.4 Å². The molecule has 0 aliphatic heterocycles. The van der Waals surface area contributed by atoms with E-state index in [2.05, 4.69) is 20.0 Å². The van der Waals surface area contributed by atoms with Gasteiger partial charge in [0.25, 0.3) is 0 Å². The number of anilines is 1. The van der Waals surface area contributed by atoms with Gasteiger partial charge in [-0.1, -0.05) is 0 Å². The number of aromatic nitrogens is 2. The molecular weight excluding hydrogens is 284 g/mol. The van der Waals surface area contributed by atoms with Crippen molar-refractivity contribution in [3.05, 3.63) is 34.5 Å². The Balaban J connectivity index is 2.18. The first-order chi connectivity index (χ1) is 9.03. The van der Waals surface area contributed by atoms with E-state index in [-0.39, 0.29) is 11.4 Å². The summed E-state index contributed by atoms with van der Waals surface area (Å²) >= 11 is 1.46. The summed E-state index contributed by atoms with van der Waals surface area (Å²) in [4.78, 5) is 9.14. The Labute approximate surface area is 116 Å². The van der Waals surface area contributed by atoms with Gasteiger partial charge in [-0.3, -0.25) is 4.98 Å². The molecule has 2 aromatic rings. The molecule has 0 saturated heterocycles. The second-order valence-corrected chi connectivity index (χ2v) is 6.87. The van der Waals surface area contributed by atoms with Crippen LogP contribution in [0.4, 0.5) is 5.69 Å². The molecule has 0 radical (unpaired) electrons. The fourth-order valence-corrected chi connectivity index (χ4v) is 3.48. The molecule has 8 heteroatoms. The number of thiazole rings is 1. The zero-order valence-corrected chi connectivity index (χ0v) is 12.2. The van der Waals surface area contributed by atoms with Crippen LogP contribution in [-0.2, 0) is 16.6 Å². The molecule has 0 amide bonds. The Bertz CT molecular complexity index is 667. The van der Waals surface area contributed by atoms with E-state index in [0.29, 0.717) is 5.69 Å². The van der Waals surface area contributed by atoms with E-state index in [1.807, 2.05) is 6.92 Å². The fraction of sp³-hybridized carbons (Fsp3) is 0.273. The van der Waals surface area contributed by atoms with Crippen molar-refractivity contribution in [3.63, 3.8) is 0 Å². The van der Waals surface area contributed by atoms with Gasteiger partial charge in [-0.25, -0.2) is 18.1 Å². The van der Waals surface area contributed by atoms with Crippen molar-refractivity contribution in [2.45, 2.75) is 18.4 Å². The van der Waals surface area contributed by atoms with Crippen molar-refractivity contribution >= 4 is 27.0 Å². The van der Waals surface area contributed by atoms with Gasteiger partial charge in [0.2, 0.25) is 10.0 Å². The van der Waals surface area contributed by atoms with E-state index in [9.17, 15) is 8.42 Å². The summed E-state index contributed by atoms with van der Waals surface area (Å²) in [5.74, 6) is 0. The summed E-state index contributed by atoms with van der Waals surface area (Å²) in [6.07, 6.45) is 4.58. The highest BCUT2D eigenvalue weighted by Gasteiger charge is 2.18. The van der Waals surface area contributed by atoms with Crippen LogP contribution < -0.4 is 10.0 Å². The Morgan fingerprint density at radius 1 is 1.37 bits per heavy atom. The molecule has 0 aromatic carbocycles. The number of aryl methyl sites for hydroxylation is 1. The third kappa shape index (κ3) is 3.28. The molecule has 2 rings (SSSR count). The number of sulfonamides is 1. The van der Waals surface area contributed by atoms with E-state index in [0.717, 1.165) is 9.88 Å². The SMILES string of the molecule is CNc1ccncc1S(=O)(=O)NCc1ncc(C)s1. The third-order valence-electron chi connectivity index (χ3n) is 2.43. The number of pyridine rings is 1. The molecule has 2 N–H and O–H groups in total. The number of nitrogens with one attached hydrogen (secondary N) is 2. The van der Waals surface area contributed by atoms with Gasteiger partial charge < -0.3 is 5.32 Å². The minimum absolute atomic E-state index is 0.130. The lowest BCUT2D eigenvalue weighted by atomic mass is 10.4. The third-order valence-corrected chi connectivity index (χ3v) is 4.77. The number of nitrogens with zero attached hydrogens (tertiary/aromatic N) is 2. The zero-order valence-electron chi connectivity index (χ0n) is 10.5. The normalized spacial score (nSPS) is 11.5. The van der Waals surface area contributed by atoms with Gasteiger partial charge in [0.15, 0.2) is 0 Å². The molecule has 2 heterocycles. The van der Waals surface area contributed by atoms with E-state index < -0.39 is 10.0 Å². The standard InChI is InChI=1S/C11H14N4O2S2/c1-8-5-14-11(18-8)7-15-19(16,17)10-6-13-4-3-9(10)12-2/h3-6,15H,7H2,1-2H3,(H,12,13). The summed E-state index contributed by atoms with van der Waals surface area (Å²) in [6.45, 7) is 2.11. The smallest absolute Gasteiger partial charge is 0.244 e. The topological polar surface area (TPSA) is 84.0 Å². The maximum absolute atomic E-state index is 12.2. The molecule has 0 spiro atoms. The monoisotopic (exact) mass is 298 g/mol. The minimum Gasteiger partial charge on any atom is -0.387 e. The number of rotatable bonds is 5. The summed E-state index contributed by atoms with van der Waals surface area (Å²) in [7, 11) is -1.94. The fourth-order valence-electron chi connectivity index (χ4n) is 1.52. The first kappa shape index (κ1) is 13.9. The molecule has 0 unspecified atom stereocenters. The van der Waals surface area contributed by atoms with Crippen LogP contribution in [0.2, 0.25) is 0 Å². The highest BCUT2D eigenvalue weighted by molar-refractivity contribution is 7.89. The lowest BCUT2D eigenvalue weighted by Crippen LogP contribution is -2.24. The van der Waals surface area contributed by atoms with Crippen LogP contribution in [0.25, 0.3) is 0 Å². The molecule has 0 bridgehead atoms. The van der Waals surface area contributed by atoms with E-state index in [1.54, 1.807) is 19.3 Å². The maximum Gasteiger partial charge on any atom is 0.244 e. The Morgan fingerprint density at radius 3 is 2.79 bits per heavy atom. The van der Waals surface area contributed by atoms with Gasteiger partial charge in [0.05, 0.1) is 12.2 Å². The van der Waals surface area contributed by atoms with Gasteiger partial charge in [-0.05, 0) is 13.0 Å². The van der Waals surface area contributed by atoms with Gasteiger partial charge >= 0.3 is 0 Å². The van der Waals surface area contributed by atoms with Crippen molar-refractivity contribution in [1.82, 2.24) is 14.7 Å².